The average Bonchev–Trinajstić information content (AvgIpc) is 4.18. The van der Waals surface area contributed by atoms with Gasteiger partial charge in [-0.25, -0.2) is 15.0 Å². The minimum absolute atomic E-state index is 0.533. The molecule has 0 saturated heterocycles. The fourth-order valence-corrected chi connectivity index (χ4v) is 11.2. The van der Waals surface area contributed by atoms with Crippen LogP contribution < -0.4 is 0 Å². The van der Waals surface area contributed by atoms with Crippen molar-refractivity contribution in [2.24, 2.45) is 0 Å². The molecule has 5 heterocycles. The smallest absolute Gasteiger partial charge is 0.167 e. The molecule has 0 fully saturated rings. The van der Waals surface area contributed by atoms with E-state index in [1.54, 1.807) is 0 Å². The summed E-state index contributed by atoms with van der Waals surface area (Å²) in [6.07, 6.45) is 0. The van der Waals surface area contributed by atoms with Crippen molar-refractivity contribution >= 4 is 87.4 Å². The number of benzene rings is 10. The number of hydrogen-bond acceptors (Lipinski definition) is 4. The Balaban J connectivity index is 1.07. The second kappa shape index (κ2) is 15.0. The maximum Gasteiger partial charge on any atom is 0.167 e. The van der Waals surface area contributed by atoms with Crippen LogP contribution in [-0.2, 0) is 0 Å². The number of furan rings is 1. The first-order valence-corrected chi connectivity index (χ1v) is 23.6. The number of para-hydroxylation sites is 8. The van der Waals surface area contributed by atoms with Crippen LogP contribution in [0.4, 0.5) is 0 Å². The van der Waals surface area contributed by atoms with Crippen molar-refractivity contribution in [1.29, 1.82) is 0 Å². The number of aromatic nitrogens is 6. The molecule has 0 spiro atoms. The van der Waals surface area contributed by atoms with E-state index in [4.69, 9.17) is 19.4 Å². The highest BCUT2D eigenvalue weighted by molar-refractivity contribution is 6.19. The van der Waals surface area contributed by atoms with Crippen molar-refractivity contribution in [1.82, 2.24) is 28.7 Å². The summed E-state index contributed by atoms with van der Waals surface area (Å²) in [5, 5.41) is 9.16. The minimum atomic E-state index is 0.533. The van der Waals surface area contributed by atoms with Crippen molar-refractivity contribution in [3.05, 3.63) is 231 Å². The van der Waals surface area contributed by atoms with Gasteiger partial charge in [-0.1, -0.05) is 164 Å². The van der Waals surface area contributed by atoms with Gasteiger partial charge in [-0.3, -0.25) is 0 Å². The summed E-state index contributed by atoms with van der Waals surface area (Å²) in [6, 6.07) is 81.5. The first-order chi connectivity index (χ1) is 34.8. The molecule has 70 heavy (non-hydrogen) atoms. The van der Waals surface area contributed by atoms with E-state index in [2.05, 4.69) is 202 Å². The minimum Gasteiger partial charge on any atom is -0.455 e. The standard InChI is InChI=1S/C63H38N6O/c1-2-19-39(20-3-1)61-64-62(66-63(65-61)48-29-16-27-45-44-25-9-15-38-57(44)70-60(45)48)46-26-8-14-34-53(46)69-55-36-18-35-54(67-49-30-10-4-21-40(49)41-22-5-11-31-50(41)67)58(55)47-28-17-37-56(59(47)69)68-51-32-12-6-23-42(51)43-24-7-13-33-52(43)68/h1-38H. The van der Waals surface area contributed by atoms with E-state index in [-0.39, 0.29) is 0 Å². The molecule has 7 heteroatoms. The third kappa shape index (κ3) is 5.54. The third-order valence-electron chi connectivity index (χ3n) is 14.1. The van der Waals surface area contributed by atoms with Crippen LogP contribution in [0, 0.1) is 0 Å². The van der Waals surface area contributed by atoms with E-state index in [9.17, 15) is 0 Å². The van der Waals surface area contributed by atoms with Gasteiger partial charge in [0.2, 0.25) is 0 Å². The zero-order valence-corrected chi connectivity index (χ0v) is 37.5. The van der Waals surface area contributed by atoms with Crippen LogP contribution in [-0.4, -0.2) is 28.7 Å². The summed E-state index contributed by atoms with van der Waals surface area (Å²) in [5.41, 5.74) is 13.9. The second-order valence-corrected chi connectivity index (χ2v) is 17.9. The highest BCUT2D eigenvalue weighted by Crippen LogP contribution is 2.45. The van der Waals surface area contributed by atoms with Gasteiger partial charge in [0.15, 0.2) is 17.5 Å². The zero-order valence-electron chi connectivity index (χ0n) is 37.5. The second-order valence-electron chi connectivity index (χ2n) is 17.9. The molecular formula is C63H38N6O. The van der Waals surface area contributed by atoms with E-state index in [1.165, 1.54) is 21.5 Å². The predicted molar refractivity (Wildman–Crippen MR) is 286 cm³/mol. The van der Waals surface area contributed by atoms with Gasteiger partial charge in [0.25, 0.3) is 0 Å². The van der Waals surface area contributed by atoms with E-state index < -0.39 is 0 Å². The number of rotatable bonds is 6. The lowest BCUT2D eigenvalue weighted by molar-refractivity contribution is 0.669. The van der Waals surface area contributed by atoms with Crippen molar-refractivity contribution in [3.63, 3.8) is 0 Å². The van der Waals surface area contributed by atoms with Crippen LogP contribution in [0.25, 0.3) is 139 Å². The van der Waals surface area contributed by atoms with Crippen molar-refractivity contribution in [3.8, 4) is 51.2 Å². The lowest BCUT2D eigenvalue weighted by Gasteiger charge is -2.17. The average molecular weight is 895 g/mol. The van der Waals surface area contributed by atoms with Crippen LogP contribution in [0.1, 0.15) is 0 Å². The molecule has 0 aliphatic heterocycles. The Kier molecular flexibility index (Phi) is 8.23. The summed E-state index contributed by atoms with van der Waals surface area (Å²) in [7, 11) is 0. The van der Waals surface area contributed by atoms with Gasteiger partial charge in [0, 0.05) is 54.2 Å². The van der Waals surface area contributed by atoms with Gasteiger partial charge >= 0.3 is 0 Å². The van der Waals surface area contributed by atoms with Gasteiger partial charge < -0.3 is 18.1 Å². The van der Waals surface area contributed by atoms with Crippen LogP contribution in [0.15, 0.2) is 235 Å². The highest BCUT2D eigenvalue weighted by atomic mass is 16.3. The molecule has 0 aliphatic carbocycles. The Morgan fingerprint density at radius 1 is 0.286 bits per heavy atom. The van der Waals surface area contributed by atoms with E-state index in [1.807, 2.05) is 42.5 Å². The Bertz CT molecular complexity index is 4500. The molecule has 5 aromatic heterocycles. The fourth-order valence-electron chi connectivity index (χ4n) is 11.2. The number of hydrogen-bond donors (Lipinski definition) is 0. The molecule has 7 nitrogen and oxygen atoms in total. The molecule has 10 aromatic carbocycles. The largest absolute Gasteiger partial charge is 0.455 e. The Hall–Kier alpha value is -9.59. The molecule has 15 aromatic rings. The topological polar surface area (TPSA) is 66.6 Å². The van der Waals surface area contributed by atoms with E-state index in [0.717, 1.165) is 99.6 Å². The Labute approximate surface area is 400 Å². The van der Waals surface area contributed by atoms with Crippen molar-refractivity contribution < 1.29 is 4.42 Å². The summed E-state index contributed by atoms with van der Waals surface area (Å²) in [4.78, 5) is 16.0. The van der Waals surface area contributed by atoms with E-state index >= 15 is 0 Å². The molecule has 0 unspecified atom stereocenters. The summed E-state index contributed by atoms with van der Waals surface area (Å²) in [6.45, 7) is 0. The van der Waals surface area contributed by atoms with Crippen molar-refractivity contribution in [2.45, 2.75) is 0 Å². The summed E-state index contributed by atoms with van der Waals surface area (Å²) < 4.78 is 13.9. The monoisotopic (exact) mass is 894 g/mol. The molecule has 0 bridgehead atoms. The lowest BCUT2D eigenvalue weighted by atomic mass is 10.1. The Morgan fingerprint density at radius 2 is 0.729 bits per heavy atom. The molecular weight excluding hydrogens is 857 g/mol. The van der Waals surface area contributed by atoms with E-state index in [0.29, 0.717) is 17.5 Å². The number of nitrogens with zero attached hydrogens (tertiary/aromatic N) is 6. The highest BCUT2D eigenvalue weighted by Gasteiger charge is 2.26. The summed E-state index contributed by atoms with van der Waals surface area (Å²) in [5.74, 6) is 1.66. The van der Waals surface area contributed by atoms with Gasteiger partial charge in [-0.2, -0.15) is 0 Å². The lowest BCUT2D eigenvalue weighted by Crippen LogP contribution is -2.05. The van der Waals surface area contributed by atoms with Crippen LogP contribution in [0.5, 0.6) is 0 Å². The fraction of sp³-hybridized carbons (Fsp3) is 0. The Morgan fingerprint density at radius 3 is 1.41 bits per heavy atom. The first kappa shape index (κ1) is 38.5. The normalized spacial score (nSPS) is 12.0. The zero-order chi connectivity index (χ0) is 45.9. The quantitative estimate of drug-likeness (QED) is 0.167. The summed E-state index contributed by atoms with van der Waals surface area (Å²) >= 11 is 0. The molecule has 0 N–H and O–H groups in total. The molecule has 0 aliphatic rings. The molecule has 326 valence electrons. The molecule has 0 atom stereocenters. The first-order valence-electron chi connectivity index (χ1n) is 23.6. The van der Waals surface area contributed by atoms with Gasteiger partial charge in [0.1, 0.15) is 11.2 Å². The molecule has 15 rings (SSSR count). The third-order valence-corrected chi connectivity index (χ3v) is 14.1. The van der Waals surface area contributed by atoms with Gasteiger partial charge in [-0.05, 0) is 66.7 Å². The predicted octanol–water partition coefficient (Wildman–Crippen LogP) is 16.1. The van der Waals surface area contributed by atoms with Crippen LogP contribution in [0.2, 0.25) is 0 Å². The van der Waals surface area contributed by atoms with Crippen LogP contribution in [0.3, 0.4) is 0 Å². The molecule has 0 saturated carbocycles. The molecule has 0 radical (unpaired) electrons. The van der Waals surface area contributed by atoms with Crippen LogP contribution >= 0.6 is 0 Å². The number of fused-ring (bicyclic) bond motifs is 12. The maximum absolute atomic E-state index is 6.60. The SMILES string of the molecule is c1ccc(-c2nc(-c3ccccc3-n3c4cccc(-n5c6ccccc6c6ccccc65)c4c4cccc(-n5c6ccccc6c6ccccc65)c43)nc(-c3cccc4c3oc3ccccc34)n2)cc1. The molecule has 0 amide bonds. The van der Waals surface area contributed by atoms with Gasteiger partial charge in [-0.15, -0.1) is 0 Å². The van der Waals surface area contributed by atoms with Crippen molar-refractivity contribution in [2.75, 3.05) is 0 Å². The maximum atomic E-state index is 6.60. The van der Waals surface area contributed by atoms with Gasteiger partial charge in [0.05, 0.1) is 55.7 Å².